The first kappa shape index (κ1) is 15.4. The molecule has 0 aliphatic carbocycles. The number of aromatic nitrogens is 3. The molecule has 1 amide bonds. The Hall–Kier alpha value is -3.16. The molecular formula is C17H16N4O4. The quantitative estimate of drug-likeness (QED) is 0.781. The zero-order chi connectivity index (χ0) is 17.6. The van der Waals surface area contributed by atoms with Gasteiger partial charge < -0.3 is 19.0 Å². The maximum atomic E-state index is 12.4. The van der Waals surface area contributed by atoms with Gasteiger partial charge in [-0.2, -0.15) is 4.98 Å². The number of carbonyl (C=O) groups excluding carboxylic acids is 1. The number of oxazole rings is 1. The second-order valence-corrected chi connectivity index (χ2v) is 5.87. The lowest BCUT2D eigenvalue weighted by atomic mass is 10.1. The number of fused-ring (bicyclic) bond motifs is 1. The number of rotatable bonds is 3. The molecule has 0 saturated carbocycles. The Morgan fingerprint density at radius 1 is 1.20 bits per heavy atom. The van der Waals surface area contributed by atoms with Crippen LogP contribution < -0.4 is 10.1 Å². The van der Waals surface area contributed by atoms with E-state index < -0.39 is 0 Å². The first-order chi connectivity index (χ1) is 12.0. The third kappa shape index (κ3) is 2.75. The van der Waals surface area contributed by atoms with Crippen LogP contribution in [0.3, 0.4) is 0 Å². The van der Waals surface area contributed by atoms with Crippen LogP contribution >= 0.6 is 0 Å². The van der Waals surface area contributed by atoms with Crippen molar-refractivity contribution in [1.29, 1.82) is 0 Å². The largest absolute Gasteiger partial charge is 0.491 e. The molecule has 8 nitrogen and oxygen atoms in total. The molecule has 3 aromatic rings. The highest BCUT2D eigenvalue weighted by Crippen LogP contribution is 2.35. The van der Waals surface area contributed by atoms with Crippen LogP contribution in [0.1, 0.15) is 39.6 Å². The first-order valence-electron chi connectivity index (χ1n) is 7.83. The molecule has 0 saturated heterocycles. The Labute approximate surface area is 143 Å². The summed E-state index contributed by atoms with van der Waals surface area (Å²) in [4.78, 5) is 20.7. The van der Waals surface area contributed by atoms with Crippen molar-refractivity contribution in [2.75, 3.05) is 6.61 Å². The third-order valence-electron chi connectivity index (χ3n) is 4.00. The van der Waals surface area contributed by atoms with Crippen molar-refractivity contribution < 1.29 is 18.5 Å². The number of nitrogens with zero attached hydrogens (tertiary/aromatic N) is 3. The second-order valence-electron chi connectivity index (χ2n) is 5.87. The molecule has 0 radical (unpaired) electrons. The summed E-state index contributed by atoms with van der Waals surface area (Å²) in [6, 6.07) is 5.36. The van der Waals surface area contributed by atoms with Crippen molar-refractivity contribution in [2.24, 2.45) is 0 Å². The molecule has 1 N–H and O–H groups in total. The molecule has 1 aromatic carbocycles. The summed E-state index contributed by atoms with van der Waals surface area (Å²) in [5, 5.41) is 6.82. The minimum atomic E-state index is -0.308. The van der Waals surface area contributed by atoms with Crippen LogP contribution in [0.5, 0.6) is 5.75 Å². The van der Waals surface area contributed by atoms with Crippen LogP contribution in [0.25, 0.3) is 11.4 Å². The molecule has 1 aliphatic rings. The Morgan fingerprint density at radius 2 is 2.04 bits per heavy atom. The van der Waals surface area contributed by atoms with Gasteiger partial charge in [0.05, 0.1) is 11.7 Å². The molecule has 1 atom stereocenters. The summed E-state index contributed by atoms with van der Waals surface area (Å²) in [6.45, 7) is 5.53. The third-order valence-corrected chi connectivity index (χ3v) is 4.00. The van der Waals surface area contributed by atoms with Crippen molar-refractivity contribution in [2.45, 2.75) is 26.8 Å². The summed E-state index contributed by atoms with van der Waals surface area (Å²) in [7, 11) is 0. The van der Waals surface area contributed by atoms with Gasteiger partial charge in [-0.1, -0.05) is 17.3 Å². The summed E-state index contributed by atoms with van der Waals surface area (Å²) in [6.07, 6.45) is 0. The van der Waals surface area contributed by atoms with Gasteiger partial charge in [-0.25, -0.2) is 4.98 Å². The molecule has 8 heteroatoms. The minimum Gasteiger partial charge on any atom is -0.491 e. The number of hydrogen-bond acceptors (Lipinski definition) is 7. The van der Waals surface area contributed by atoms with Gasteiger partial charge in [0.15, 0.2) is 5.89 Å². The molecular weight excluding hydrogens is 324 g/mol. The van der Waals surface area contributed by atoms with Gasteiger partial charge in [-0.3, -0.25) is 4.79 Å². The maximum absolute atomic E-state index is 12.4. The number of ether oxygens (including phenoxy) is 1. The molecule has 1 aliphatic heterocycles. The highest BCUT2D eigenvalue weighted by molar-refractivity contribution is 5.92. The fraction of sp³-hybridized carbons (Fsp3) is 0.294. The maximum Gasteiger partial charge on any atom is 0.289 e. The molecule has 0 spiro atoms. The van der Waals surface area contributed by atoms with Crippen molar-refractivity contribution in [3.05, 3.63) is 47.0 Å². The van der Waals surface area contributed by atoms with E-state index in [1.54, 1.807) is 20.8 Å². The van der Waals surface area contributed by atoms with Gasteiger partial charge in [0.1, 0.15) is 12.4 Å². The minimum absolute atomic E-state index is 0.227. The average Bonchev–Trinajstić information content (AvgIpc) is 3.26. The van der Waals surface area contributed by atoms with Gasteiger partial charge in [-0.15, -0.1) is 0 Å². The number of aryl methyl sites for hydroxylation is 3. The van der Waals surface area contributed by atoms with Crippen LogP contribution in [0.2, 0.25) is 0 Å². The zero-order valence-corrected chi connectivity index (χ0v) is 14.0. The molecule has 128 valence electrons. The number of amides is 1. The standard InChI is InChI=1S/C17H16N4O4/c1-8-15(24-9(2)18-8)17(22)20-13-7-23-14-6-11(4-5-12(13)14)16-19-10(3)25-21-16/h4-6,13H,7H2,1-3H3,(H,20,22). The number of nitrogens with one attached hydrogen (secondary N) is 1. The van der Waals surface area contributed by atoms with E-state index in [1.165, 1.54) is 0 Å². The number of hydrogen-bond donors (Lipinski definition) is 1. The molecule has 1 unspecified atom stereocenters. The van der Waals surface area contributed by atoms with Crippen LogP contribution in [0, 0.1) is 20.8 Å². The molecule has 0 fully saturated rings. The van der Waals surface area contributed by atoms with E-state index in [1.807, 2.05) is 18.2 Å². The average molecular weight is 340 g/mol. The van der Waals surface area contributed by atoms with E-state index in [0.717, 1.165) is 11.1 Å². The van der Waals surface area contributed by atoms with Gasteiger partial charge in [0, 0.05) is 25.0 Å². The highest BCUT2D eigenvalue weighted by Gasteiger charge is 2.28. The van der Waals surface area contributed by atoms with E-state index in [9.17, 15) is 4.79 Å². The van der Waals surface area contributed by atoms with E-state index in [4.69, 9.17) is 13.7 Å². The fourth-order valence-corrected chi connectivity index (χ4v) is 2.85. The fourth-order valence-electron chi connectivity index (χ4n) is 2.85. The lowest BCUT2D eigenvalue weighted by Gasteiger charge is -2.10. The van der Waals surface area contributed by atoms with Crippen LogP contribution in [-0.4, -0.2) is 27.6 Å². The molecule has 2 aromatic heterocycles. The Kier molecular flexibility index (Phi) is 3.52. The van der Waals surface area contributed by atoms with Gasteiger partial charge in [0.25, 0.3) is 5.91 Å². The Bertz CT molecular complexity index is 959. The number of carbonyl (C=O) groups is 1. The van der Waals surface area contributed by atoms with Crippen LogP contribution in [0.4, 0.5) is 0 Å². The van der Waals surface area contributed by atoms with Crippen molar-refractivity contribution >= 4 is 5.91 Å². The summed E-state index contributed by atoms with van der Waals surface area (Å²) < 4.78 is 16.1. The van der Waals surface area contributed by atoms with E-state index in [0.29, 0.717) is 35.7 Å². The Balaban J connectivity index is 1.56. The van der Waals surface area contributed by atoms with Crippen LogP contribution in [-0.2, 0) is 0 Å². The lowest BCUT2D eigenvalue weighted by Crippen LogP contribution is -2.29. The predicted molar refractivity (Wildman–Crippen MR) is 86.2 cm³/mol. The lowest BCUT2D eigenvalue weighted by molar-refractivity contribution is 0.0900. The van der Waals surface area contributed by atoms with E-state index in [2.05, 4.69) is 20.4 Å². The van der Waals surface area contributed by atoms with Gasteiger partial charge in [0.2, 0.25) is 17.5 Å². The Morgan fingerprint density at radius 3 is 2.72 bits per heavy atom. The monoisotopic (exact) mass is 340 g/mol. The normalized spacial score (nSPS) is 15.7. The van der Waals surface area contributed by atoms with E-state index in [-0.39, 0.29) is 17.7 Å². The highest BCUT2D eigenvalue weighted by atomic mass is 16.5. The summed E-state index contributed by atoms with van der Waals surface area (Å²) in [5.41, 5.74) is 2.26. The molecule has 25 heavy (non-hydrogen) atoms. The molecule has 3 heterocycles. The first-order valence-corrected chi connectivity index (χ1v) is 7.83. The van der Waals surface area contributed by atoms with Crippen LogP contribution in [0.15, 0.2) is 27.1 Å². The summed E-state index contributed by atoms with van der Waals surface area (Å²) in [5.74, 6) is 2.08. The second kappa shape index (κ2) is 5.73. The van der Waals surface area contributed by atoms with E-state index >= 15 is 0 Å². The van der Waals surface area contributed by atoms with Gasteiger partial charge in [-0.05, 0) is 13.0 Å². The van der Waals surface area contributed by atoms with Crippen molar-refractivity contribution in [3.63, 3.8) is 0 Å². The molecule has 4 rings (SSSR count). The SMILES string of the molecule is Cc1nc(-c2ccc3c(c2)OCC3NC(=O)c2oc(C)nc2C)no1. The van der Waals surface area contributed by atoms with Gasteiger partial charge >= 0.3 is 0 Å². The summed E-state index contributed by atoms with van der Waals surface area (Å²) >= 11 is 0. The predicted octanol–water partition coefficient (Wildman–Crippen LogP) is 2.51. The zero-order valence-electron chi connectivity index (χ0n) is 14.0. The van der Waals surface area contributed by atoms with Crippen molar-refractivity contribution in [1.82, 2.24) is 20.4 Å². The topological polar surface area (TPSA) is 103 Å². The van der Waals surface area contributed by atoms with Crippen molar-refractivity contribution in [3.8, 4) is 17.1 Å². The number of benzene rings is 1. The molecule has 0 bridgehead atoms. The smallest absolute Gasteiger partial charge is 0.289 e.